The molecule has 0 aliphatic carbocycles. The second-order valence-corrected chi connectivity index (χ2v) is 3.23. The third-order valence-electron chi connectivity index (χ3n) is 2.25. The highest BCUT2D eigenvalue weighted by Crippen LogP contribution is 2.24. The third kappa shape index (κ3) is 1.79. The van der Waals surface area contributed by atoms with E-state index in [0.29, 0.717) is 10.9 Å². The molecule has 0 aliphatic rings. The van der Waals surface area contributed by atoms with Crippen LogP contribution in [0.2, 0.25) is 0 Å². The molecule has 0 aromatic heterocycles. The Hall–Kier alpha value is -1.95. The van der Waals surface area contributed by atoms with Gasteiger partial charge in [-0.05, 0) is 29.0 Å². The maximum absolute atomic E-state index is 12.4. The van der Waals surface area contributed by atoms with Crippen molar-refractivity contribution < 1.29 is 8.78 Å². The number of nitrogens with zero attached hydrogens (tertiary/aromatic N) is 1. The summed E-state index contributed by atoms with van der Waals surface area (Å²) in [5.41, 5.74) is 0.464. The Bertz CT molecular complexity index is 541. The van der Waals surface area contributed by atoms with Gasteiger partial charge < -0.3 is 0 Å². The molecule has 74 valence electrons. The van der Waals surface area contributed by atoms with Crippen LogP contribution in [-0.4, -0.2) is 0 Å². The predicted molar refractivity (Wildman–Crippen MR) is 53.6 cm³/mol. The van der Waals surface area contributed by atoms with E-state index in [1.807, 2.05) is 6.07 Å². The van der Waals surface area contributed by atoms with E-state index in [4.69, 9.17) is 5.26 Å². The van der Waals surface area contributed by atoms with E-state index in [9.17, 15) is 8.78 Å². The Kier molecular flexibility index (Phi) is 2.34. The molecule has 3 heteroatoms. The van der Waals surface area contributed by atoms with Crippen LogP contribution in [0.5, 0.6) is 0 Å². The van der Waals surface area contributed by atoms with Gasteiger partial charge in [-0.25, -0.2) is 8.78 Å². The summed E-state index contributed by atoms with van der Waals surface area (Å²) < 4.78 is 24.8. The van der Waals surface area contributed by atoms with Crippen LogP contribution in [-0.2, 0) is 0 Å². The van der Waals surface area contributed by atoms with Crippen molar-refractivity contribution in [1.82, 2.24) is 0 Å². The standard InChI is InChI=1S/C12H7F2N/c13-12(14)10-4-3-9-2-1-8(7-15)5-11(9)6-10/h1-6,12H. The van der Waals surface area contributed by atoms with Crippen molar-refractivity contribution in [3.8, 4) is 6.07 Å². The van der Waals surface area contributed by atoms with Crippen LogP contribution in [0.1, 0.15) is 17.6 Å². The van der Waals surface area contributed by atoms with Crippen LogP contribution >= 0.6 is 0 Å². The van der Waals surface area contributed by atoms with Crippen molar-refractivity contribution in [3.05, 3.63) is 47.5 Å². The molecule has 0 radical (unpaired) electrons. The highest BCUT2D eigenvalue weighted by atomic mass is 19.3. The molecule has 2 aromatic rings. The van der Waals surface area contributed by atoms with Crippen LogP contribution in [0, 0.1) is 11.3 Å². The summed E-state index contributed by atoms with van der Waals surface area (Å²) in [7, 11) is 0. The number of halogens is 2. The Morgan fingerprint density at radius 1 is 1.00 bits per heavy atom. The number of benzene rings is 2. The van der Waals surface area contributed by atoms with Gasteiger partial charge in [0, 0.05) is 5.56 Å². The second kappa shape index (κ2) is 3.66. The lowest BCUT2D eigenvalue weighted by Crippen LogP contribution is -1.84. The molecule has 0 heterocycles. The highest BCUT2D eigenvalue weighted by molar-refractivity contribution is 5.84. The van der Waals surface area contributed by atoms with Crippen LogP contribution in [0.25, 0.3) is 10.8 Å². The lowest BCUT2D eigenvalue weighted by atomic mass is 10.0. The van der Waals surface area contributed by atoms with Gasteiger partial charge in [0.15, 0.2) is 0 Å². The fraction of sp³-hybridized carbons (Fsp3) is 0.0833. The highest BCUT2D eigenvalue weighted by Gasteiger charge is 2.07. The molecule has 0 amide bonds. The average molecular weight is 203 g/mol. The smallest absolute Gasteiger partial charge is 0.205 e. The molecule has 0 unspecified atom stereocenters. The molecule has 1 nitrogen and oxygen atoms in total. The quantitative estimate of drug-likeness (QED) is 0.694. The van der Waals surface area contributed by atoms with Crippen molar-refractivity contribution in [2.24, 2.45) is 0 Å². The van der Waals surface area contributed by atoms with E-state index in [0.717, 1.165) is 5.39 Å². The van der Waals surface area contributed by atoms with Crippen molar-refractivity contribution in [3.63, 3.8) is 0 Å². The molecule has 0 fully saturated rings. The molecular formula is C12H7F2N. The molecule has 0 spiro atoms. The van der Waals surface area contributed by atoms with Gasteiger partial charge in [0.25, 0.3) is 6.43 Å². The molecule has 15 heavy (non-hydrogen) atoms. The van der Waals surface area contributed by atoms with Gasteiger partial charge >= 0.3 is 0 Å². The minimum absolute atomic E-state index is 0.0161. The third-order valence-corrected chi connectivity index (χ3v) is 2.25. The van der Waals surface area contributed by atoms with Crippen molar-refractivity contribution >= 4 is 10.8 Å². The molecule has 0 N–H and O–H groups in total. The lowest BCUT2D eigenvalue weighted by Gasteiger charge is -2.02. The molecule has 2 aromatic carbocycles. The van der Waals surface area contributed by atoms with E-state index in [-0.39, 0.29) is 5.56 Å². The Morgan fingerprint density at radius 2 is 1.73 bits per heavy atom. The van der Waals surface area contributed by atoms with Gasteiger partial charge in [0.1, 0.15) is 0 Å². The number of nitriles is 1. The van der Waals surface area contributed by atoms with Crippen LogP contribution in [0.3, 0.4) is 0 Å². The monoisotopic (exact) mass is 203 g/mol. The first-order valence-electron chi connectivity index (χ1n) is 4.42. The topological polar surface area (TPSA) is 23.8 Å². The zero-order valence-electron chi connectivity index (χ0n) is 7.74. The van der Waals surface area contributed by atoms with Crippen molar-refractivity contribution in [2.75, 3.05) is 0 Å². The molecule has 2 rings (SSSR count). The van der Waals surface area contributed by atoms with Crippen LogP contribution < -0.4 is 0 Å². The first-order valence-corrected chi connectivity index (χ1v) is 4.42. The summed E-state index contributed by atoms with van der Waals surface area (Å²) in [4.78, 5) is 0. The van der Waals surface area contributed by atoms with E-state index in [2.05, 4.69) is 0 Å². The van der Waals surface area contributed by atoms with Gasteiger partial charge in [-0.1, -0.05) is 18.2 Å². The Labute approximate surface area is 85.6 Å². The molecule has 0 saturated heterocycles. The van der Waals surface area contributed by atoms with E-state index < -0.39 is 6.43 Å². The van der Waals surface area contributed by atoms with Gasteiger partial charge in [-0.3, -0.25) is 0 Å². The Balaban J connectivity index is 2.64. The van der Waals surface area contributed by atoms with Gasteiger partial charge in [0.05, 0.1) is 11.6 Å². The first-order chi connectivity index (χ1) is 7.20. The van der Waals surface area contributed by atoms with Gasteiger partial charge in [-0.2, -0.15) is 5.26 Å². The number of fused-ring (bicyclic) bond motifs is 1. The molecule has 0 aliphatic heterocycles. The minimum atomic E-state index is -2.47. The zero-order valence-corrected chi connectivity index (χ0v) is 7.74. The maximum Gasteiger partial charge on any atom is 0.263 e. The van der Waals surface area contributed by atoms with Crippen LogP contribution in [0.15, 0.2) is 36.4 Å². The van der Waals surface area contributed by atoms with E-state index >= 15 is 0 Å². The number of rotatable bonds is 1. The average Bonchev–Trinajstić information content (AvgIpc) is 2.27. The molecule has 0 atom stereocenters. The molecule has 0 saturated carbocycles. The van der Waals surface area contributed by atoms with E-state index in [1.54, 1.807) is 24.3 Å². The summed E-state index contributed by atoms with van der Waals surface area (Å²) in [6, 6.07) is 11.5. The zero-order chi connectivity index (χ0) is 10.8. The number of alkyl halides is 2. The number of hydrogen-bond acceptors (Lipinski definition) is 1. The largest absolute Gasteiger partial charge is 0.263 e. The SMILES string of the molecule is N#Cc1ccc2ccc(C(F)F)cc2c1. The van der Waals surface area contributed by atoms with Crippen molar-refractivity contribution in [1.29, 1.82) is 5.26 Å². The molecule has 0 bridgehead atoms. The lowest BCUT2D eigenvalue weighted by molar-refractivity contribution is 0.151. The summed E-state index contributed by atoms with van der Waals surface area (Å²) in [6.45, 7) is 0. The summed E-state index contributed by atoms with van der Waals surface area (Å²) in [5, 5.41) is 10.2. The van der Waals surface area contributed by atoms with Gasteiger partial charge in [0.2, 0.25) is 0 Å². The Morgan fingerprint density at radius 3 is 2.40 bits per heavy atom. The number of hydrogen-bond donors (Lipinski definition) is 0. The van der Waals surface area contributed by atoms with Crippen molar-refractivity contribution in [2.45, 2.75) is 6.43 Å². The predicted octanol–water partition coefficient (Wildman–Crippen LogP) is 3.65. The minimum Gasteiger partial charge on any atom is -0.205 e. The maximum atomic E-state index is 12.4. The fourth-order valence-corrected chi connectivity index (χ4v) is 1.47. The van der Waals surface area contributed by atoms with Crippen LogP contribution in [0.4, 0.5) is 8.78 Å². The fourth-order valence-electron chi connectivity index (χ4n) is 1.47. The van der Waals surface area contributed by atoms with Gasteiger partial charge in [-0.15, -0.1) is 0 Å². The summed E-state index contributed by atoms with van der Waals surface area (Å²) in [5.74, 6) is 0. The van der Waals surface area contributed by atoms with E-state index in [1.165, 1.54) is 12.1 Å². The first kappa shape index (κ1) is 9.60. The normalized spacial score (nSPS) is 10.5. The molecular weight excluding hydrogens is 196 g/mol. The second-order valence-electron chi connectivity index (χ2n) is 3.23. The summed E-state index contributed by atoms with van der Waals surface area (Å²) >= 11 is 0. The summed E-state index contributed by atoms with van der Waals surface area (Å²) in [6.07, 6.45) is -2.47.